The number of nitrogens with one attached hydrogen (secondary N) is 1. The van der Waals surface area contributed by atoms with E-state index in [0.29, 0.717) is 5.75 Å². The highest BCUT2D eigenvalue weighted by molar-refractivity contribution is 7.99. The second kappa shape index (κ2) is 8.68. The molecule has 0 spiro atoms. The number of carbonyl (C=O) groups is 2. The van der Waals surface area contributed by atoms with Gasteiger partial charge in [0.05, 0.1) is 7.11 Å². The van der Waals surface area contributed by atoms with Gasteiger partial charge in [-0.2, -0.15) is 11.8 Å². The normalized spacial score (nSPS) is 13.5. The average molecular weight is 336 g/mol. The number of rotatable bonds is 7. The Balaban J connectivity index is 4.34. The van der Waals surface area contributed by atoms with Crippen LogP contribution in [-0.4, -0.2) is 50.4 Å². The van der Waals surface area contributed by atoms with Gasteiger partial charge in [0.2, 0.25) is 0 Å². The molecule has 0 aromatic heterocycles. The van der Waals surface area contributed by atoms with Gasteiger partial charge in [0.1, 0.15) is 11.6 Å². The van der Waals surface area contributed by atoms with Gasteiger partial charge in [0.15, 0.2) is 0 Å². The lowest BCUT2D eigenvalue weighted by Gasteiger charge is -2.22. The monoisotopic (exact) mass is 335 g/mol. The van der Waals surface area contributed by atoms with E-state index in [9.17, 15) is 9.59 Å². The molecule has 0 aliphatic heterocycles. The summed E-state index contributed by atoms with van der Waals surface area (Å²) in [6.45, 7) is 12.3. The molecule has 0 aliphatic rings. The summed E-state index contributed by atoms with van der Waals surface area (Å²) in [6.07, 6.45) is -0.594. The van der Waals surface area contributed by atoms with E-state index >= 15 is 0 Å². The summed E-state index contributed by atoms with van der Waals surface area (Å²) in [6, 6.07) is 0.509. The molecule has 1 atom stereocenters. The zero-order chi connectivity index (χ0) is 16.7. The second-order valence-electron chi connectivity index (χ2n) is 7.11. The molecule has 7 heteroatoms. The number of amides is 1. The number of esters is 1. The van der Waals surface area contributed by atoms with Crippen LogP contribution in [0.4, 0.5) is 4.79 Å². The molecular weight excluding hydrogens is 306 g/mol. The molecule has 0 saturated carbocycles. The van der Waals surface area contributed by atoms with Gasteiger partial charge in [0.25, 0.3) is 0 Å². The summed E-state index contributed by atoms with van der Waals surface area (Å²) in [5.74, 6) is 1.04. The van der Waals surface area contributed by atoms with Gasteiger partial charge in [-0.05, 0) is 32.6 Å². The van der Waals surface area contributed by atoms with Gasteiger partial charge in [-0.15, -0.1) is 0 Å². The zero-order valence-corrected chi connectivity index (χ0v) is 16.1. The SMILES string of the molecule is COC(=O)[C@H](CSCC[Si](C)(C)C)NC(=O)OC(C)(C)C. The standard InChI is InChI=1S/C14H29NO4SSi/c1-14(2,3)19-13(17)15-11(12(16)18-4)10-20-8-9-21(5,6)7/h11H,8-10H2,1-7H3,(H,15,17)/t11-/m0/s1. The first-order valence-corrected chi connectivity index (χ1v) is 12.0. The van der Waals surface area contributed by atoms with E-state index in [0.717, 1.165) is 5.75 Å². The Kier molecular flexibility index (Phi) is 8.39. The first-order chi connectivity index (χ1) is 9.44. The molecule has 124 valence electrons. The minimum Gasteiger partial charge on any atom is -0.467 e. The molecule has 0 rings (SSSR count). The lowest BCUT2D eigenvalue weighted by molar-refractivity contribution is -0.142. The van der Waals surface area contributed by atoms with Crippen molar-refractivity contribution < 1.29 is 19.1 Å². The topological polar surface area (TPSA) is 64.6 Å². The van der Waals surface area contributed by atoms with Crippen molar-refractivity contribution in [1.29, 1.82) is 0 Å². The van der Waals surface area contributed by atoms with Gasteiger partial charge in [-0.3, -0.25) is 0 Å². The molecule has 5 nitrogen and oxygen atoms in total. The van der Waals surface area contributed by atoms with Crippen molar-refractivity contribution in [1.82, 2.24) is 5.32 Å². The Morgan fingerprint density at radius 1 is 1.24 bits per heavy atom. The maximum atomic E-state index is 11.7. The molecule has 1 amide bonds. The molecule has 0 heterocycles. The van der Waals surface area contributed by atoms with Crippen molar-refractivity contribution in [3.63, 3.8) is 0 Å². The quantitative estimate of drug-likeness (QED) is 0.440. The fourth-order valence-corrected chi connectivity index (χ4v) is 4.99. The molecule has 21 heavy (non-hydrogen) atoms. The van der Waals surface area contributed by atoms with Gasteiger partial charge in [-0.1, -0.05) is 19.6 Å². The van der Waals surface area contributed by atoms with Crippen molar-refractivity contribution in [3.8, 4) is 0 Å². The van der Waals surface area contributed by atoms with E-state index in [1.54, 1.807) is 32.5 Å². The third kappa shape index (κ3) is 11.6. The third-order valence-corrected chi connectivity index (χ3v) is 5.63. The molecule has 1 N–H and O–H groups in total. The van der Waals surface area contributed by atoms with Crippen molar-refractivity contribution >= 4 is 31.9 Å². The molecule has 0 aliphatic carbocycles. The lowest BCUT2D eigenvalue weighted by Crippen LogP contribution is -2.45. The van der Waals surface area contributed by atoms with Crippen molar-refractivity contribution in [2.45, 2.75) is 58.1 Å². The summed E-state index contributed by atoms with van der Waals surface area (Å²) in [5, 5.41) is 2.58. The Morgan fingerprint density at radius 2 is 1.81 bits per heavy atom. The molecule has 0 bridgehead atoms. The number of methoxy groups -OCH3 is 1. The van der Waals surface area contributed by atoms with Crippen molar-refractivity contribution in [2.24, 2.45) is 0 Å². The Bertz CT molecular complexity index is 350. The van der Waals surface area contributed by atoms with E-state index in [1.165, 1.54) is 13.2 Å². The Morgan fingerprint density at radius 3 is 2.24 bits per heavy atom. The van der Waals surface area contributed by atoms with Crippen LogP contribution in [0.3, 0.4) is 0 Å². The van der Waals surface area contributed by atoms with Gasteiger partial charge in [-0.25, -0.2) is 9.59 Å². The average Bonchev–Trinajstić information content (AvgIpc) is 2.28. The van der Waals surface area contributed by atoms with Crippen LogP contribution in [0, 0.1) is 0 Å². The largest absolute Gasteiger partial charge is 0.467 e. The number of hydrogen-bond acceptors (Lipinski definition) is 5. The highest BCUT2D eigenvalue weighted by Crippen LogP contribution is 2.15. The fraction of sp³-hybridized carbons (Fsp3) is 0.857. The number of ether oxygens (including phenoxy) is 2. The van der Waals surface area contributed by atoms with Crippen LogP contribution in [0.1, 0.15) is 20.8 Å². The highest BCUT2D eigenvalue weighted by Gasteiger charge is 2.25. The smallest absolute Gasteiger partial charge is 0.408 e. The number of carbonyl (C=O) groups excluding carboxylic acids is 2. The van der Waals surface area contributed by atoms with E-state index in [-0.39, 0.29) is 0 Å². The van der Waals surface area contributed by atoms with Crippen LogP contribution in [0.5, 0.6) is 0 Å². The highest BCUT2D eigenvalue weighted by atomic mass is 32.2. The maximum Gasteiger partial charge on any atom is 0.408 e. The van der Waals surface area contributed by atoms with Gasteiger partial charge in [0, 0.05) is 13.8 Å². The van der Waals surface area contributed by atoms with Crippen LogP contribution >= 0.6 is 11.8 Å². The maximum absolute atomic E-state index is 11.7. The van der Waals surface area contributed by atoms with Gasteiger partial charge >= 0.3 is 12.1 Å². The summed E-state index contributed by atoms with van der Waals surface area (Å²) >= 11 is 1.66. The molecule has 0 aromatic rings. The Hall–Kier alpha value is -0.693. The summed E-state index contributed by atoms with van der Waals surface area (Å²) < 4.78 is 9.89. The summed E-state index contributed by atoms with van der Waals surface area (Å²) in [5.41, 5.74) is -0.588. The van der Waals surface area contributed by atoms with Gasteiger partial charge < -0.3 is 14.8 Å². The van der Waals surface area contributed by atoms with Crippen molar-refractivity contribution in [3.05, 3.63) is 0 Å². The van der Waals surface area contributed by atoms with Crippen molar-refractivity contribution in [2.75, 3.05) is 18.6 Å². The number of alkyl carbamates (subject to hydrolysis) is 1. The molecule has 0 unspecified atom stereocenters. The van der Waals surface area contributed by atoms with E-state index in [1.807, 2.05) is 0 Å². The molecular formula is C14H29NO4SSi. The predicted molar refractivity (Wildman–Crippen MR) is 90.7 cm³/mol. The fourth-order valence-electron chi connectivity index (χ4n) is 1.34. The minimum atomic E-state index is -1.08. The van der Waals surface area contributed by atoms with E-state index in [2.05, 4.69) is 25.0 Å². The molecule has 0 radical (unpaired) electrons. The molecule has 0 aromatic carbocycles. The zero-order valence-electron chi connectivity index (χ0n) is 14.2. The van der Waals surface area contributed by atoms with Crippen LogP contribution in [-0.2, 0) is 14.3 Å². The van der Waals surface area contributed by atoms with Crippen LogP contribution in [0.25, 0.3) is 0 Å². The number of thioether (sulfide) groups is 1. The third-order valence-electron chi connectivity index (χ3n) is 2.46. The van der Waals surface area contributed by atoms with Crippen LogP contribution < -0.4 is 5.32 Å². The van der Waals surface area contributed by atoms with E-state index < -0.39 is 31.8 Å². The van der Waals surface area contributed by atoms with Crippen LogP contribution in [0.15, 0.2) is 0 Å². The molecule has 0 fully saturated rings. The second-order valence-corrected chi connectivity index (χ2v) is 13.9. The van der Waals surface area contributed by atoms with Crippen LogP contribution in [0.2, 0.25) is 25.7 Å². The first-order valence-electron chi connectivity index (χ1n) is 7.10. The van der Waals surface area contributed by atoms with E-state index in [4.69, 9.17) is 9.47 Å². The Labute approximate surface area is 133 Å². The molecule has 0 saturated heterocycles. The summed E-state index contributed by atoms with van der Waals surface area (Å²) in [7, 11) is 0.241. The summed E-state index contributed by atoms with van der Waals surface area (Å²) in [4.78, 5) is 23.4. The predicted octanol–water partition coefficient (Wildman–Crippen LogP) is 3.12. The number of hydrogen-bond donors (Lipinski definition) is 1. The minimum absolute atomic E-state index is 0.443. The lowest BCUT2D eigenvalue weighted by atomic mass is 10.2. The first kappa shape index (κ1) is 20.3.